The Morgan fingerprint density at radius 1 is 1.42 bits per heavy atom. The van der Waals surface area contributed by atoms with Crippen LogP contribution in [0.5, 0.6) is 0 Å². The summed E-state index contributed by atoms with van der Waals surface area (Å²) in [4.78, 5) is 11.5. The van der Waals surface area contributed by atoms with E-state index in [0.29, 0.717) is 18.4 Å². The molecule has 0 aromatic heterocycles. The summed E-state index contributed by atoms with van der Waals surface area (Å²) < 4.78 is 5.13. The molecule has 0 spiro atoms. The van der Waals surface area contributed by atoms with Gasteiger partial charge in [-0.1, -0.05) is 36.4 Å². The third kappa shape index (κ3) is 6.23. The number of benzene rings is 1. The molecule has 98 valence electrons. The summed E-state index contributed by atoms with van der Waals surface area (Å²) in [5.74, 6) is -0.229. The van der Waals surface area contributed by atoms with Gasteiger partial charge in [0.25, 0.3) is 0 Å². The maximum atomic E-state index is 11.5. The van der Waals surface area contributed by atoms with Crippen LogP contribution in [0, 0.1) is 11.3 Å². The Bertz CT molecular complexity index is 510. The molecule has 0 aliphatic carbocycles. The van der Waals surface area contributed by atoms with Gasteiger partial charge in [0.05, 0.1) is 11.6 Å². The fourth-order valence-electron chi connectivity index (χ4n) is 1.45. The monoisotopic (exact) mass is 255 g/mol. The first-order valence-corrected chi connectivity index (χ1v) is 6.18. The van der Waals surface area contributed by atoms with E-state index < -0.39 is 0 Å². The van der Waals surface area contributed by atoms with Crippen LogP contribution in [0.3, 0.4) is 0 Å². The maximum Gasteiger partial charge on any atom is 0.306 e. The number of hydrogen-bond acceptors (Lipinski definition) is 3. The van der Waals surface area contributed by atoms with Crippen LogP contribution in [0.1, 0.15) is 30.9 Å². The van der Waals surface area contributed by atoms with Crippen LogP contribution in [0.25, 0.3) is 0 Å². The zero-order valence-electron chi connectivity index (χ0n) is 11.0. The smallest absolute Gasteiger partial charge is 0.306 e. The van der Waals surface area contributed by atoms with E-state index in [0.717, 1.165) is 5.56 Å². The van der Waals surface area contributed by atoms with Gasteiger partial charge >= 0.3 is 5.97 Å². The second kappa shape index (κ2) is 8.71. The van der Waals surface area contributed by atoms with Gasteiger partial charge in [0.1, 0.15) is 6.61 Å². The van der Waals surface area contributed by atoms with Gasteiger partial charge in [0, 0.05) is 6.42 Å². The van der Waals surface area contributed by atoms with Gasteiger partial charge in [-0.05, 0) is 31.0 Å². The molecule has 0 N–H and O–H groups in total. The number of ether oxygens (including phenoxy) is 1. The molecule has 0 saturated heterocycles. The summed E-state index contributed by atoms with van der Waals surface area (Å²) in [6, 6.07) is 9.11. The van der Waals surface area contributed by atoms with Gasteiger partial charge in [0.15, 0.2) is 0 Å². The number of allylic oxidation sites excluding steroid dienone is 4. The maximum absolute atomic E-state index is 11.5. The topological polar surface area (TPSA) is 50.1 Å². The number of carbonyl (C=O) groups is 1. The van der Waals surface area contributed by atoms with Gasteiger partial charge in [-0.25, -0.2) is 0 Å². The van der Waals surface area contributed by atoms with Crippen LogP contribution >= 0.6 is 0 Å². The van der Waals surface area contributed by atoms with E-state index in [-0.39, 0.29) is 12.6 Å². The molecule has 0 aliphatic rings. The molecule has 1 rings (SSSR count). The quantitative estimate of drug-likeness (QED) is 0.577. The van der Waals surface area contributed by atoms with Crippen molar-refractivity contribution in [2.75, 3.05) is 0 Å². The average Bonchev–Trinajstić information content (AvgIpc) is 2.45. The van der Waals surface area contributed by atoms with Gasteiger partial charge < -0.3 is 4.74 Å². The lowest BCUT2D eigenvalue weighted by atomic mass is 10.1. The van der Waals surface area contributed by atoms with Crippen molar-refractivity contribution in [1.29, 1.82) is 5.26 Å². The van der Waals surface area contributed by atoms with Crippen molar-refractivity contribution in [2.45, 2.75) is 26.4 Å². The van der Waals surface area contributed by atoms with Crippen molar-refractivity contribution in [2.24, 2.45) is 0 Å². The number of hydrogen-bond donors (Lipinski definition) is 0. The summed E-state index contributed by atoms with van der Waals surface area (Å²) in [7, 11) is 0. The third-order valence-electron chi connectivity index (χ3n) is 2.41. The molecule has 0 saturated carbocycles. The predicted molar refractivity (Wildman–Crippen MR) is 74.1 cm³/mol. The van der Waals surface area contributed by atoms with E-state index in [9.17, 15) is 4.79 Å². The number of esters is 1. The van der Waals surface area contributed by atoms with Crippen molar-refractivity contribution >= 4 is 5.97 Å². The number of carbonyl (C=O) groups excluding carboxylic acids is 1. The fraction of sp³-hybridized carbons (Fsp3) is 0.250. The van der Waals surface area contributed by atoms with Crippen LogP contribution in [-0.4, -0.2) is 5.97 Å². The Morgan fingerprint density at radius 2 is 2.26 bits per heavy atom. The molecular weight excluding hydrogens is 238 g/mol. The molecule has 0 amide bonds. The fourth-order valence-corrected chi connectivity index (χ4v) is 1.45. The Hall–Kier alpha value is -2.34. The van der Waals surface area contributed by atoms with Crippen molar-refractivity contribution in [3.05, 3.63) is 59.7 Å². The summed E-state index contributed by atoms with van der Waals surface area (Å²) in [6.07, 6.45) is 8.71. The third-order valence-corrected chi connectivity index (χ3v) is 2.41. The lowest BCUT2D eigenvalue weighted by Crippen LogP contribution is -2.03. The van der Waals surface area contributed by atoms with Crippen LogP contribution in [0.15, 0.2) is 48.6 Å². The summed E-state index contributed by atoms with van der Waals surface area (Å²) in [5, 5.41) is 8.76. The van der Waals surface area contributed by atoms with Crippen LogP contribution in [0.2, 0.25) is 0 Å². The second-order valence-corrected chi connectivity index (χ2v) is 3.97. The Balaban J connectivity index is 2.32. The number of rotatable bonds is 6. The van der Waals surface area contributed by atoms with E-state index in [4.69, 9.17) is 10.00 Å². The molecule has 3 heteroatoms. The molecule has 0 atom stereocenters. The molecule has 19 heavy (non-hydrogen) atoms. The normalized spacial score (nSPS) is 10.7. The molecule has 3 nitrogen and oxygen atoms in total. The lowest BCUT2D eigenvalue weighted by Gasteiger charge is -2.04. The zero-order chi connectivity index (χ0) is 13.9. The van der Waals surface area contributed by atoms with Crippen molar-refractivity contribution in [1.82, 2.24) is 0 Å². The first kappa shape index (κ1) is 14.7. The summed E-state index contributed by atoms with van der Waals surface area (Å²) in [5.41, 5.74) is 1.40. The standard InChI is InChI=1S/C16H17NO2/c1-2-3-4-5-6-10-16(18)19-13-15-9-7-8-14(11-15)12-17/h2-5,7-9,11H,6,10,13H2,1H3/b3-2+,5-4+. The zero-order valence-corrected chi connectivity index (χ0v) is 11.0. The Kier molecular flexibility index (Phi) is 6.75. The summed E-state index contributed by atoms with van der Waals surface area (Å²) in [6.45, 7) is 2.15. The van der Waals surface area contributed by atoms with Gasteiger partial charge in [-0.15, -0.1) is 0 Å². The van der Waals surface area contributed by atoms with Crippen LogP contribution in [-0.2, 0) is 16.1 Å². The van der Waals surface area contributed by atoms with Gasteiger partial charge in [-0.3, -0.25) is 4.79 Å². The molecule has 0 aliphatic heterocycles. The molecule has 0 heterocycles. The minimum absolute atomic E-state index is 0.215. The highest BCUT2D eigenvalue weighted by Crippen LogP contribution is 2.06. The van der Waals surface area contributed by atoms with Crippen LogP contribution in [0.4, 0.5) is 0 Å². The molecule has 0 bridgehead atoms. The predicted octanol–water partition coefficient (Wildman–Crippen LogP) is 3.51. The van der Waals surface area contributed by atoms with Crippen molar-refractivity contribution in [3.8, 4) is 6.07 Å². The second-order valence-electron chi connectivity index (χ2n) is 3.97. The van der Waals surface area contributed by atoms with Gasteiger partial charge in [0.2, 0.25) is 0 Å². The largest absolute Gasteiger partial charge is 0.461 e. The first-order chi connectivity index (χ1) is 9.26. The number of nitrogens with zero attached hydrogens (tertiary/aromatic N) is 1. The number of nitriles is 1. The molecule has 0 fully saturated rings. The van der Waals surface area contributed by atoms with Crippen molar-refractivity contribution in [3.63, 3.8) is 0 Å². The highest BCUT2D eigenvalue weighted by Gasteiger charge is 2.02. The minimum Gasteiger partial charge on any atom is -0.461 e. The van der Waals surface area contributed by atoms with Gasteiger partial charge in [-0.2, -0.15) is 5.26 Å². The molecular formula is C16H17NO2. The Morgan fingerprint density at radius 3 is 3.00 bits per heavy atom. The molecule has 0 radical (unpaired) electrons. The van der Waals surface area contributed by atoms with E-state index >= 15 is 0 Å². The molecule has 1 aromatic rings. The SMILES string of the molecule is C/C=C/C=C/CCC(=O)OCc1cccc(C#N)c1. The Labute approximate surface area is 113 Å². The van der Waals surface area contributed by atoms with Crippen LogP contribution < -0.4 is 0 Å². The molecule has 0 unspecified atom stereocenters. The summed E-state index contributed by atoms with van der Waals surface area (Å²) >= 11 is 0. The first-order valence-electron chi connectivity index (χ1n) is 6.18. The van der Waals surface area contributed by atoms with E-state index in [2.05, 4.69) is 6.07 Å². The van der Waals surface area contributed by atoms with E-state index in [1.165, 1.54) is 0 Å². The highest BCUT2D eigenvalue weighted by atomic mass is 16.5. The van der Waals surface area contributed by atoms with E-state index in [1.54, 1.807) is 18.2 Å². The highest BCUT2D eigenvalue weighted by molar-refractivity contribution is 5.69. The van der Waals surface area contributed by atoms with E-state index in [1.807, 2.05) is 37.3 Å². The lowest BCUT2D eigenvalue weighted by molar-refractivity contribution is -0.144. The average molecular weight is 255 g/mol. The van der Waals surface area contributed by atoms with Crippen molar-refractivity contribution < 1.29 is 9.53 Å². The minimum atomic E-state index is -0.229. The molecule has 1 aromatic carbocycles.